The number of nitrogens with zero attached hydrogens (tertiary/aromatic N) is 2. The van der Waals surface area contributed by atoms with Crippen LogP contribution >= 0.6 is 0 Å². The SMILES string of the molecule is CCCC1CC(=O)N(CC(=O)Nc2ccccc2C#N)C1. The number of amides is 2. The van der Waals surface area contributed by atoms with Gasteiger partial charge in [-0.15, -0.1) is 0 Å². The summed E-state index contributed by atoms with van der Waals surface area (Å²) >= 11 is 0. The fourth-order valence-electron chi connectivity index (χ4n) is 2.66. The van der Waals surface area contributed by atoms with Gasteiger partial charge in [-0.05, 0) is 24.5 Å². The van der Waals surface area contributed by atoms with Gasteiger partial charge in [0.25, 0.3) is 0 Å². The van der Waals surface area contributed by atoms with Crippen molar-refractivity contribution in [1.29, 1.82) is 5.26 Å². The minimum Gasteiger partial charge on any atom is -0.333 e. The van der Waals surface area contributed by atoms with Gasteiger partial charge in [0, 0.05) is 13.0 Å². The summed E-state index contributed by atoms with van der Waals surface area (Å²) in [4.78, 5) is 25.5. The smallest absolute Gasteiger partial charge is 0.244 e. The van der Waals surface area contributed by atoms with Crippen LogP contribution in [0, 0.1) is 17.2 Å². The summed E-state index contributed by atoms with van der Waals surface area (Å²) < 4.78 is 0. The lowest BCUT2D eigenvalue weighted by Gasteiger charge is -2.16. The average molecular weight is 285 g/mol. The predicted octanol–water partition coefficient (Wildman–Crippen LogP) is 2.15. The van der Waals surface area contributed by atoms with E-state index in [0.29, 0.717) is 30.1 Å². The Balaban J connectivity index is 1.93. The molecule has 0 bridgehead atoms. The van der Waals surface area contributed by atoms with E-state index in [0.717, 1.165) is 12.8 Å². The van der Waals surface area contributed by atoms with Crippen molar-refractivity contribution in [3.8, 4) is 6.07 Å². The molecule has 0 radical (unpaired) electrons. The molecule has 2 rings (SSSR count). The van der Waals surface area contributed by atoms with Crippen LogP contribution in [0.3, 0.4) is 0 Å². The lowest BCUT2D eigenvalue weighted by molar-refractivity contribution is -0.131. The molecule has 1 N–H and O–H groups in total. The minimum absolute atomic E-state index is 0.0390. The van der Waals surface area contributed by atoms with Crippen molar-refractivity contribution in [2.75, 3.05) is 18.4 Å². The fraction of sp³-hybridized carbons (Fsp3) is 0.438. The van der Waals surface area contributed by atoms with Gasteiger partial charge >= 0.3 is 0 Å². The van der Waals surface area contributed by atoms with E-state index in [9.17, 15) is 9.59 Å². The van der Waals surface area contributed by atoms with Gasteiger partial charge in [0.2, 0.25) is 11.8 Å². The zero-order chi connectivity index (χ0) is 15.2. The highest BCUT2D eigenvalue weighted by atomic mass is 16.2. The molecular weight excluding hydrogens is 266 g/mol. The van der Waals surface area contributed by atoms with Gasteiger partial charge < -0.3 is 10.2 Å². The van der Waals surface area contributed by atoms with Crippen molar-refractivity contribution in [3.05, 3.63) is 29.8 Å². The molecular formula is C16H19N3O2. The Bertz CT molecular complexity index is 577. The topological polar surface area (TPSA) is 73.2 Å². The number of hydrogen-bond acceptors (Lipinski definition) is 3. The Morgan fingerprint density at radius 1 is 1.48 bits per heavy atom. The van der Waals surface area contributed by atoms with Crippen molar-refractivity contribution < 1.29 is 9.59 Å². The highest BCUT2D eigenvalue weighted by molar-refractivity contribution is 5.95. The van der Waals surface area contributed by atoms with Crippen molar-refractivity contribution in [1.82, 2.24) is 4.90 Å². The quantitative estimate of drug-likeness (QED) is 0.900. The lowest BCUT2D eigenvalue weighted by atomic mass is 10.0. The van der Waals surface area contributed by atoms with Crippen molar-refractivity contribution >= 4 is 17.5 Å². The molecule has 5 nitrogen and oxygen atoms in total. The first kappa shape index (κ1) is 15.0. The maximum Gasteiger partial charge on any atom is 0.244 e. The van der Waals surface area contributed by atoms with Gasteiger partial charge in [-0.1, -0.05) is 25.5 Å². The van der Waals surface area contributed by atoms with Gasteiger partial charge in [-0.25, -0.2) is 0 Å². The third-order valence-electron chi connectivity index (χ3n) is 3.65. The van der Waals surface area contributed by atoms with Gasteiger partial charge in [0.1, 0.15) is 6.07 Å². The third-order valence-corrected chi connectivity index (χ3v) is 3.65. The second-order valence-corrected chi connectivity index (χ2v) is 5.34. The molecule has 0 aromatic heterocycles. The Hall–Kier alpha value is -2.35. The Morgan fingerprint density at radius 2 is 2.24 bits per heavy atom. The number of carbonyl (C=O) groups is 2. The number of para-hydroxylation sites is 1. The Labute approximate surface area is 124 Å². The molecule has 1 aromatic carbocycles. The van der Waals surface area contributed by atoms with Crippen LogP contribution in [0.25, 0.3) is 0 Å². The monoisotopic (exact) mass is 285 g/mol. The standard InChI is InChI=1S/C16H19N3O2/c1-2-5-12-8-16(21)19(10-12)11-15(20)18-14-7-4-3-6-13(14)9-17/h3-4,6-7,12H,2,5,8,10-11H2,1H3,(H,18,20). The van der Waals surface area contributed by atoms with Crippen LogP contribution in [0.2, 0.25) is 0 Å². The average Bonchev–Trinajstić information content (AvgIpc) is 2.79. The molecule has 1 heterocycles. The van der Waals surface area contributed by atoms with E-state index < -0.39 is 0 Å². The van der Waals surface area contributed by atoms with Crippen LogP contribution in [0.1, 0.15) is 31.7 Å². The van der Waals surface area contributed by atoms with E-state index in [1.165, 1.54) is 0 Å². The molecule has 21 heavy (non-hydrogen) atoms. The van der Waals surface area contributed by atoms with Crippen molar-refractivity contribution in [2.24, 2.45) is 5.92 Å². The van der Waals surface area contributed by atoms with E-state index in [1.807, 2.05) is 6.07 Å². The molecule has 1 aromatic rings. The van der Waals surface area contributed by atoms with Crippen LogP contribution in [-0.4, -0.2) is 29.8 Å². The molecule has 5 heteroatoms. The van der Waals surface area contributed by atoms with E-state index >= 15 is 0 Å². The van der Waals surface area contributed by atoms with Gasteiger partial charge in [0.05, 0.1) is 17.8 Å². The van der Waals surface area contributed by atoms with Crippen molar-refractivity contribution in [2.45, 2.75) is 26.2 Å². The maximum atomic E-state index is 12.0. The van der Waals surface area contributed by atoms with Crippen LogP contribution in [0.15, 0.2) is 24.3 Å². The molecule has 110 valence electrons. The second-order valence-electron chi connectivity index (χ2n) is 5.34. The van der Waals surface area contributed by atoms with Crippen LogP contribution < -0.4 is 5.32 Å². The summed E-state index contributed by atoms with van der Waals surface area (Å²) in [5, 5.41) is 11.7. The molecule has 0 saturated carbocycles. The van der Waals surface area contributed by atoms with E-state index in [2.05, 4.69) is 12.2 Å². The number of hydrogen-bond donors (Lipinski definition) is 1. The number of carbonyl (C=O) groups excluding carboxylic acids is 2. The molecule has 1 unspecified atom stereocenters. The minimum atomic E-state index is -0.261. The zero-order valence-corrected chi connectivity index (χ0v) is 12.1. The molecule has 1 atom stereocenters. The molecule has 0 spiro atoms. The van der Waals surface area contributed by atoms with Crippen LogP contribution in [-0.2, 0) is 9.59 Å². The van der Waals surface area contributed by atoms with Gasteiger partial charge in [0.15, 0.2) is 0 Å². The van der Waals surface area contributed by atoms with Crippen LogP contribution in [0.5, 0.6) is 0 Å². The normalized spacial score (nSPS) is 17.6. The zero-order valence-electron chi connectivity index (χ0n) is 12.1. The number of likely N-dealkylation sites (tertiary alicyclic amines) is 1. The first-order valence-corrected chi connectivity index (χ1v) is 7.20. The lowest BCUT2D eigenvalue weighted by Crippen LogP contribution is -2.34. The molecule has 1 fully saturated rings. The van der Waals surface area contributed by atoms with E-state index in [-0.39, 0.29) is 18.4 Å². The van der Waals surface area contributed by atoms with E-state index in [1.54, 1.807) is 29.2 Å². The molecule has 1 aliphatic heterocycles. The van der Waals surface area contributed by atoms with E-state index in [4.69, 9.17) is 5.26 Å². The summed E-state index contributed by atoms with van der Waals surface area (Å²) in [6, 6.07) is 8.86. The second kappa shape index (κ2) is 6.89. The molecule has 1 aliphatic rings. The highest BCUT2D eigenvalue weighted by Crippen LogP contribution is 2.22. The summed E-state index contributed by atoms with van der Waals surface area (Å²) in [5.41, 5.74) is 0.907. The highest BCUT2D eigenvalue weighted by Gasteiger charge is 2.30. The largest absolute Gasteiger partial charge is 0.333 e. The van der Waals surface area contributed by atoms with Crippen molar-refractivity contribution in [3.63, 3.8) is 0 Å². The number of benzene rings is 1. The van der Waals surface area contributed by atoms with Crippen LogP contribution in [0.4, 0.5) is 5.69 Å². The Morgan fingerprint density at radius 3 is 2.95 bits per heavy atom. The molecule has 2 amide bonds. The molecule has 0 aliphatic carbocycles. The predicted molar refractivity (Wildman–Crippen MR) is 79.4 cm³/mol. The summed E-state index contributed by atoms with van der Waals surface area (Å²) in [6.45, 7) is 2.80. The number of anilines is 1. The number of nitrogens with one attached hydrogen (secondary N) is 1. The Kier molecular flexibility index (Phi) is 4.94. The first-order valence-electron chi connectivity index (χ1n) is 7.20. The summed E-state index contributed by atoms with van der Waals surface area (Å²) in [7, 11) is 0. The summed E-state index contributed by atoms with van der Waals surface area (Å²) in [6.07, 6.45) is 2.60. The third kappa shape index (κ3) is 3.82. The fourth-order valence-corrected chi connectivity index (χ4v) is 2.66. The van der Waals surface area contributed by atoms with Gasteiger partial charge in [-0.3, -0.25) is 9.59 Å². The maximum absolute atomic E-state index is 12.0. The first-order chi connectivity index (χ1) is 10.1. The number of rotatable bonds is 5. The summed E-state index contributed by atoms with van der Waals surface area (Å²) in [5.74, 6) is 0.141. The number of nitriles is 1. The molecule has 1 saturated heterocycles. The van der Waals surface area contributed by atoms with Gasteiger partial charge in [-0.2, -0.15) is 5.26 Å².